The van der Waals surface area contributed by atoms with E-state index >= 15 is 0 Å². The van der Waals surface area contributed by atoms with Crippen LogP contribution < -0.4 is 10.5 Å². The number of alkyl halides is 3. The third kappa shape index (κ3) is 4.06. The van der Waals surface area contributed by atoms with Gasteiger partial charge in [0.25, 0.3) is 0 Å². The first-order chi connectivity index (χ1) is 7.42. The molecule has 1 heterocycles. The summed E-state index contributed by atoms with van der Waals surface area (Å²) in [5, 5.41) is 0. The van der Waals surface area contributed by atoms with E-state index in [4.69, 9.17) is 10.5 Å². The molecule has 0 bridgehead atoms. The van der Waals surface area contributed by atoms with Crippen LogP contribution in [0.5, 0.6) is 5.75 Å². The van der Waals surface area contributed by atoms with Crippen molar-refractivity contribution in [3.05, 3.63) is 23.5 Å². The molecule has 0 fully saturated rings. The van der Waals surface area contributed by atoms with Gasteiger partial charge in [-0.25, -0.2) is 0 Å². The van der Waals surface area contributed by atoms with Crippen LogP contribution in [-0.2, 0) is 6.54 Å². The maximum atomic E-state index is 11.9. The summed E-state index contributed by atoms with van der Waals surface area (Å²) in [6.07, 6.45) is -3.77. The molecule has 0 saturated heterocycles. The van der Waals surface area contributed by atoms with Gasteiger partial charge in [0.15, 0.2) is 0 Å². The number of pyridine rings is 1. The fourth-order valence-corrected chi connectivity index (χ4v) is 1.14. The zero-order valence-electron chi connectivity index (χ0n) is 8.84. The highest BCUT2D eigenvalue weighted by Crippen LogP contribution is 2.21. The Morgan fingerprint density at radius 3 is 2.62 bits per heavy atom. The quantitative estimate of drug-likeness (QED) is 0.868. The van der Waals surface area contributed by atoms with Crippen LogP contribution in [0.1, 0.15) is 17.7 Å². The zero-order chi connectivity index (χ0) is 12.2. The number of hydrogen-bond acceptors (Lipinski definition) is 3. The van der Waals surface area contributed by atoms with Gasteiger partial charge in [-0.15, -0.1) is 0 Å². The number of rotatable bonds is 4. The number of nitrogens with zero attached hydrogens (tertiary/aromatic N) is 1. The van der Waals surface area contributed by atoms with E-state index in [1.807, 2.05) is 0 Å². The van der Waals surface area contributed by atoms with E-state index in [0.29, 0.717) is 18.0 Å². The SMILES string of the molecule is Cc1cc(CN)ncc1OCCC(F)(F)F. The summed E-state index contributed by atoms with van der Waals surface area (Å²) in [5.41, 5.74) is 6.79. The lowest BCUT2D eigenvalue weighted by Gasteiger charge is -2.10. The van der Waals surface area contributed by atoms with Gasteiger partial charge in [0.05, 0.1) is 24.9 Å². The Labute approximate surface area is 91.4 Å². The number of hydrogen-bond donors (Lipinski definition) is 1. The van der Waals surface area contributed by atoms with Crippen LogP contribution in [0.15, 0.2) is 12.3 Å². The summed E-state index contributed by atoms with van der Waals surface area (Å²) in [7, 11) is 0. The Hall–Kier alpha value is -1.30. The van der Waals surface area contributed by atoms with Crippen molar-refractivity contribution in [2.24, 2.45) is 5.73 Å². The van der Waals surface area contributed by atoms with Crippen molar-refractivity contribution in [1.29, 1.82) is 0 Å². The Morgan fingerprint density at radius 2 is 2.12 bits per heavy atom. The summed E-state index contributed by atoms with van der Waals surface area (Å²) in [6.45, 7) is 1.64. The maximum absolute atomic E-state index is 11.9. The molecule has 0 atom stereocenters. The third-order valence-electron chi connectivity index (χ3n) is 1.97. The van der Waals surface area contributed by atoms with Gasteiger partial charge >= 0.3 is 6.18 Å². The number of aromatic nitrogens is 1. The summed E-state index contributed by atoms with van der Waals surface area (Å²) in [6, 6.07) is 1.70. The lowest BCUT2D eigenvalue weighted by atomic mass is 10.2. The molecule has 16 heavy (non-hydrogen) atoms. The summed E-state index contributed by atoms with van der Waals surface area (Å²) < 4.78 is 40.6. The topological polar surface area (TPSA) is 48.1 Å². The molecule has 1 aromatic heterocycles. The molecule has 1 aromatic rings. The average Bonchev–Trinajstić information content (AvgIpc) is 2.18. The Bertz CT molecular complexity index is 352. The minimum Gasteiger partial charge on any atom is -0.491 e. The highest BCUT2D eigenvalue weighted by Gasteiger charge is 2.26. The zero-order valence-corrected chi connectivity index (χ0v) is 8.84. The number of halogens is 3. The minimum atomic E-state index is -4.20. The van der Waals surface area contributed by atoms with Crippen LogP contribution in [-0.4, -0.2) is 17.8 Å². The van der Waals surface area contributed by atoms with Gasteiger partial charge in [0.2, 0.25) is 0 Å². The van der Waals surface area contributed by atoms with E-state index in [0.717, 1.165) is 5.56 Å². The van der Waals surface area contributed by atoms with E-state index in [-0.39, 0.29) is 0 Å². The molecule has 2 N–H and O–H groups in total. The van der Waals surface area contributed by atoms with Crippen molar-refractivity contribution in [2.45, 2.75) is 26.1 Å². The molecule has 6 heteroatoms. The molecule has 3 nitrogen and oxygen atoms in total. The molecule has 0 saturated carbocycles. The molecule has 0 spiro atoms. The van der Waals surface area contributed by atoms with Crippen LogP contribution in [0.25, 0.3) is 0 Å². The van der Waals surface area contributed by atoms with Gasteiger partial charge in [-0.2, -0.15) is 13.2 Å². The molecule has 0 aromatic carbocycles. The molecule has 0 radical (unpaired) electrons. The predicted octanol–water partition coefficient (Wildman–Crippen LogP) is 2.18. The molecule has 0 aliphatic carbocycles. The minimum absolute atomic E-state index is 0.295. The van der Waals surface area contributed by atoms with E-state index < -0.39 is 19.2 Å². The first kappa shape index (κ1) is 12.8. The van der Waals surface area contributed by atoms with Gasteiger partial charge < -0.3 is 10.5 Å². The van der Waals surface area contributed by atoms with E-state index in [1.54, 1.807) is 13.0 Å². The lowest BCUT2D eigenvalue weighted by molar-refractivity contribution is -0.139. The number of nitrogens with two attached hydrogens (primary N) is 1. The molecule has 90 valence electrons. The van der Waals surface area contributed by atoms with Crippen LogP contribution in [0.3, 0.4) is 0 Å². The van der Waals surface area contributed by atoms with E-state index in [1.165, 1.54) is 6.20 Å². The highest BCUT2D eigenvalue weighted by molar-refractivity contribution is 5.31. The molecule has 0 unspecified atom stereocenters. The first-order valence-electron chi connectivity index (χ1n) is 4.77. The standard InChI is InChI=1S/C10H13F3N2O/c1-7-4-8(5-14)15-6-9(7)16-3-2-10(11,12)13/h4,6H,2-3,5,14H2,1H3. The number of ether oxygens (including phenoxy) is 1. The third-order valence-corrected chi connectivity index (χ3v) is 1.97. The Morgan fingerprint density at radius 1 is 1.44 bits per heavy atom. The second-order valence-corrected chi connectivity index (χ2v) is 3.36. The second-order valence-electron chi connectivity index (χ2n) is 3.36. The van der Waals surface area contributed by atoms with Gasteiger partial charge in [-0.1, -0.05) is 0 Å². The van der Waals surface area contributed by atoms with Crippen molar-refractivity contribution in [3.63, 3.8) is 0 Å². The Kier molecular flexibility index (Phi) is 4.12. The number of aryl methyl sites for hydroxylation is 1. The van der Waals surface area contributed by atoms with Crippen LogP contribution >= 0.6 is 0 Å². The molecule has 0 aliphatic heterocycles. The molecular weight excluding hydrogens is 221 g/mol. The largest absolute Gasteiger partial charge is 0.491 e. The first-order valence-corrected chi connectivity index (χ1v) is 4.77. The van der Waals surface area contributed by atoms with Gasteiger partial charge in [0, 0.05) is 6.54 Å². The van der Waals surface area contributed by atoms with Crippen molar-refractivity contribution in [2.75, 3.05) is 6.61 Å². The average molecular weight is 234 g/mol. The predicted molar refractivity (Wildman–Crippen MR) is 53.0 cm³/mol. The molecule has 0 aliphatic rings. The summed E-state index contributed by atoms with van der Waals surface area (Å²) in [4.78, 5) is 3.94. The molecule has 1 rings (SSSR count). The van der Waals surface area contributed by atoms with Crippen LogP contribution in [0.4, 0.5) is 13.2 Å². The highest BCUT2D eigenvalue weighted by atomic mass is 19.4. The van der Waals surface area contributed by atoms with Gasteiger partial charge in [0.1, 0.15) is 5.75 Å². The van der Waals surface area contributed by atoms with Crippen LogP contribution in [0.2, 0.25) is 0 Å². The summed E-state index contributed by atoms with van der Waals surface area (Å²) in [5.74, 6) is 0.362. The van der Waals surface area contributed by atoms with Crippen molar-refractivity contribution in [3.8, 4) is 5.75 Å². The van der Waals surface area contributed by atoms with Crippen LogP contribution in [0, 0.1) is 6.92 Å². The second kappa shape index (κ2) is 5.16. The van der Waals surface area contributed by atoms with Crippen molar-refractivity contribution >= 4 is 0 Å². The van der Waals surface area contributed by atoms with E-state index in [9.17, 15) is 13.2 Å². The van der Waals surface area contributed by atoms with Gasteiger partial charge in [-0.05, 0) is 18.6 Å². The lowest BCUT2D eigenvalue weighted by Crippen LogP contribution is -2.13. The molecular formula is C10H13F3N2O. The summed E-state index contributed by atoms with van der Waals surface area (Å²) >= 11 is 0. The molecule has 0 amide bonds. The smallest absolute Gasteiger partial charge is 0.392 e. The fraction of sp³-hybridized carbons (Fsp3) is 0.500. The van der Waals surface area contributed by atoms with Crippen molar-refractivity contribution < 1.29 is 17.9 Å². The van der Waals surface area contributed by atoms with Gasteiger partial charge in [-0.3, -0.25) is 4.98 Å². The van der Waals surface area contributed by atoms with E-state index in [2.05, 4.69) is 4.98 Å². The van der Waals surface area contributed by atoms with Crippen molar-refractivity contribution in [1.82, 2.24) is 4.98 Å². The normalized spacial score (nSPS) is 11.6. The fourth-order valence-electron chi connectivity index (χ4n) is 1.14. The maximum Gasteiger partial charge on any atom is 0.392 e. The monoisotopic (exact) mass is 234 g/mol. The Balaban J connectivity index is 2.55.